The minimum Gasteiger partial charge on any atom is -0.465 e. The second-order valence-electron chi connectivity index (χ2n) is 2.79. The van der Waals surface area contributed by atoms with E-state index in [2.05, 4.69) is 21.4 Å². The van der Waals surface area contributed by atoms with Crippen LogP contribution in [0.25, 0.3) is 0 Å². The summed E-state index contributed by atoms with van der Waals surface area (Å²) >= 11 is 16.5. The van der Waals surface area contributed by atoms with Crippen LogP contribution in [0.15, 0.2) is 14.7 Å². The smallest absolute Gasteiger partial charge is 0.340 e. The zero-order valence-corrected chi connectivity index (χ0v) is 12.7. The Bertz CT molecular complexity index is 616. The van der Waals surface area contributed by atoms with Gasteiger partial charge in [0.1, 0.15) is 9.73 Å². The number of rotatable bonds is 4. The van der Waals surface area contributed by atoms with E-state index in [1.807, 2.05) is 0 Å². The molecule has 1 rings (SSSR count). The number of carbonyl (C=O) groups excluding carboxylic acids is 1. The molecule has 0 bridgehead atoms. The number of nitrogens with zero attached hydrogens (tertiary/aromatic N) is 1. The van der Waals surface area contributed by atoms with Crippen molar-refractivity contribution < 1.29 is 17.9 Å². The van der Waals surface area contributed by atoms with Crippen molar-refractivity contribution in [2.24, 2.45) is 4.40 Å². The van der Waals surface area contributed by atoms with Gasteiger partial charge in [0.2, 0.25) is 0 Å². The number of thiocarbonyl (C=S) groups is 1. The molecule has 0 N–H and O–H groups in total. The second kappa shape index (κ2) is 6.10. The molecule has 0 saturated carbocycles. The number of methoxy groups -OCH3 is 1. The Labute approximate surface area is 122 Å². The molecule has 0 amide bonds. The Morgan fingerprint density at radius 1 is 1.61 bits per heavy atom. The fraction of sp³-hybridized carbons (Fsp3) is 0.250. The molecule has 0 fully saturated rings. The van der Waals surface area contributed by atoms with Gasteiger partial charge in [-0.25, -0.2) is 4.79 Å². The molecule has 0 atom stereocenters. The number of sulfonamides is 1. The van der Waals surface area contributed by atoms with Crippen molar-refractivity contribution in [1.82, 2.24) is 0 Å². The molecule has 0 saturated heterocycles. The summed E-state index contributed by atoms with van der Waals surface area (Å²) in [5, 5.41) is 3.02. The number of carbonyl (C=O) groups is 1. The minimum atomic E-state index is -4.18. The zero-order valence-electron chi connectivity index (χ0n) is 8.72. The van der Waals surface area contributed by atoms with Gasteiger partial charge in [-0.05, 0) is 12.2 Å². The highest BCUT2D eigenvalue weighted by molar-refractivity contribution is 7.91. The Morgan fingerprint density at radius 2 is 2.22 bits per heavy atom. The van der Waals surface area contributed by atoms with E-state index in [-0.39, 0.29) is 10.4 Å². The van der Waals surface area contributed by atoms with Gasteiger partial charge in [0.05, 0.1) is 22.7 Å². The molecule has 0 aliphatic rings. The van der Waals surface area contributed by atoms with Crippen LogP contribution in [0.1, 0.15) is 20.1 Å². The molecule has 0 aromatic carbocycles. The quantitative estimate of drug-likeness (QED) is 0.363. The van der Waals surface area contributed by atoms with Crippen LogP contribution < -0.4 is 0 Å². The number of thiophene rings is 1. The van der Waals surface area contributed by atoms with E-state index in [1.165, 1.54) is 5.38 Å². The molecule has 5 nitrogen and oxygen atoms in total. The number of ether oxygens (including phenoxy) is 1. The molecule has 10 heteroatoms. The Hall–Kier alpha value is -0.500. The predicted octanol–water partition coefficient (Wildman–Crippen LogP) is 2.80. The van der Waals surface area contributed by atoms with E-state index >= 15 is 0 Å². The Kier molecular flexibility index (Phi) is 5.27. The van der Waals surface area contributed by atoms with Crippen LogP contribution in [-0.4, -0.2) is 26.7 Å². The van der Waals surface area contributed by atoms with Crippen molar-refractivity contribution in [2.75, 3.05) is 7.11 Å². The topological polar surface area (TPSA) is 72.8 Å². The average Bonchev–Trinajstić information content (AvgIpc) is 2.73. The van der Waals surface area contributed by atoms with Crippen LogP contribution >= 0.6 is 46.8 Å². The summed E-state index contributed by atoms with van der Waals surface area (Å²) < 4.78 is 31.2. The number of esters is 1. The third-order valence-electron chi connectivity index (χ3n) is 1.79. The maximum atomic E-state index is 11.8. The molecule has 0 aliphatic carbocycles. The summed E-state index contributed by atoms with van der Waals surface area (Å²) in [4.78, 5) is 10.0. The van der Waals surface area contributed by atoms with Crippen LogP contribution in [0.3, 0.4) is 0 Å². The van der Waals surface area contributed by atoms with Crippen LogP contribution in [0, 0.1) is 0 Å². The van der Waals surface area contributed by atoms with Crippen molar-refractivity contribution in [3.05, 3.63) is 15.8 Å². The first-order valence-corrected chi connectivity index (χ1v) is 7.77. The predicted molar refractivity (Wildman–Crippen MR) is 72.3 cm³/mol. The summed E-state index contributed by atoms with van der Waals surface area (Å²) in [6, 6.07) is 0. The second-order valence-corrected chi connectivity index (χ2v) is 6.52. The lowest BCUT2D eigenvalue weighted by Gasteiger charge is -2.04. The zero-order chi connectivity index (χ0) is 13.9. The van der Waals surface area contributed by atoms with Crippen molar-refractivity contribution in [3.63, 3.8) is 0 Å². The fourth-order valence-electron chi connectivity index (χ4n) is 1.12. The highest BCUT2D eigenvalue weighted by Crippen LogP contribution is 2.38. The minimum absolute atomic E-state index is 0.0766. The third kappa shape index (κ3) is 3.09. The van der Waals surface area contributed by atoms with Gasteiger partial charge >= 0.3 is 5.97 Å². The van der Waals surface area contributed by atoms with Crippen LogP contribution in [-0.2, 0) is 14.8 Å². The van der Waals surface area contributed by atoms with Crippen molar-refractivity contribution in [2.45, 2.75) is 9.73 Å². The molecule has 18 heavy (non-hydrogen) atoms. The molecule has 0 spiro atoms. The normalized spacial score (nSPS) is 11.1. The van der Waals surface area contributed by atoms with Gasteiger partial charge in [0.25, 0.3) is 10.0 Å². The van der Waals surface area contributed by atoms with E-state index in [1.54, 1.807) is 5.16 Å². The van der Waals surface area contributed by atoms with Gasteiger partial charge < -0.3 is 4.74 Å². The SMILES string of the molecule is COC(=O)c1csc(C(Cl)Cl)c1S(=O)(=O)N=C=S. The molecule has 1 heterocycles. The number of isothiocyanates is 1. The lowest BCUT2D eigenvalue weighted by molar-refractivity contribution is 0.0597. The Balaban J connectivity index is 3.61. The first-order chi connectivity index (χ1) is 8.35. The standard InChI is InChI=1S/C8H5Cl2NO4S3/c1-15-8(12)4-2-17-5(7(9)10)6(4)18(13,14)11-3-16/h2,7H,1H3. The van der Waals surface area contributed by atoms with E-state index in [4.69, 9.17) is 23.2 Å². The molecule has 1 aromatic rings. The summed E-state index contributed by atoms with van der Waals surface area (Å²) in [6.45, 7) is 0. The van der Waals surface area contributed by atoms with Gasteiger partial charge in [-0.15, -0.1) is 15.7 Å². The highest BCUT2D eigenvalue weighted by Gasteiger charge is 2.30. The molecule has 0 unspecified atom stereocenters. The molecule has 0 radical (unpaired) electrons. The first-order valence-electron chi connectivity index (χ1n) is 4.17. The lowest BCUT2D eigenvalue weighted by atomic mass is 10.3. The van der Waals surface area contributed by atoms with Gasteiger partial charge in [-0.3, -0.25) is 0 Å². The third-order valence-corrected chi connectivity index (χ3v) is 5.16. The number of halogens is 2. The van der Waals surface area contributed by atoms with Crippen molar-refractivity contribution in [3.8, 4) is 0 Å². The number of hydrogen-bond donors (Lipinski definition) is 0. The molecular formula is C8H5Cl2NO4S3. The fourth-order valence-corrected chi connectivity index (χ4v) is 4.37. The molecule has 1 aromatic heterocycles. The molecule has 98 valence electrons. The van der Waals surface area contributed by atoms with Gasteiger partial charge in [0.15, 0.2) is 0 Å². The van der Waals surface area contributed by atoms with Gasteiger partial charge in [-0.1, -0.05) is 23.2 Å². The highest BCUT2D eigenvalue weighted by atomic mass is 35.5. The molecule has 0 aliphatic heterocycles. The maximum Gasteiger partial charge on any atom is 0.340 e. The number of hydrogen-bond acceptors (Lipinski definition) is 6. The van der Waals surface area contributed by atoms with Crippen LogP contribution in [0.2, 0.25) is 0 Å². The average molecular weight is 346 g/mol. The van der Waals surface area contributed by atoms with Crippen LogP contribution in [0.5, 0.6) is 0 Å². The monoisotopic (exact) mass is 345 g/mol. The molecular weight excluding hydrogens is 341 g/mol. The van der Waals surface area contributed by atoms with Gasteiger partial charge in [-0.2, -0.15) is 8.42 Å². The first kappa shape index (κ1) is 15.6. The van der Waals surface area contributed by atoms with Crippen molar-refractivity contribution in [1.29, 1.82) is 0 Å². The summed E-state index contributed by atoms with van der Waals surface area (Å²) in [7, 11) is -3.06. The van der Waals surface area contributed by atoms with E-state index in [9.17, 15) is 13.2 Å². The summed E-state index contributed by atoms with van der Waals surface area (Å²) in [5.41, 5.74) is -0.183. The maximum absolute atomic E-state index is 11.8. The van der Waals surface area contributed by atoms with E-state index < -0.39 is 25.7 Å². The number of alkyl halides is 2. The summed E-state index contributed by atoms with van der Waals surface area (Å²) in [5.74, 6) is -0.829. The van der Waals surface area contributed by atoms with Gasteiger partial charge in [0, 0.05) is 5.38 Å². The van der Waals surface area contributed by atoms with Crippen molar-refractivity contribution >= 4 is 67.9 Å². The largest absolute Gasteiger partial charge is 0.465 e. The van der Waals surface area contributed by atoms with E-state index in [0.717, 1.165) is 18.4 Å². The summed E-state index contributed by atoms with van der Waals surface area (Å²) in [6.07, 6.45) is 0. The van der Waals surface area contributed by atoms with E-state index in [0.29, 0.717) is 0 Å². The van der Waals surface area contributed by atoms with Crippen LogP contribution in [0.4, 0.5) is 0 Å². The lowest BCUT2D eigenvalue weighted by Crippen LogP contribution is -2.08. The Morgan fingerprint density at radius 3 is 2.67 bits per heavy atom.